The molecule has 1 fully saturated rings. The Labute approximate surface area is 109 Å². The van der Waals surface area contributed by atoms with Gasteiger partial charge in [0.25, 0.3) is 5.56 Å². The fourth-order valence-electron chi connectivity index (χ4n) is 1.91. The smallest absolute Gasteiger partial charge is 0.283 e. The summed E-state index contributed by atoms with van der Waals surface area (Å²) in [5.74, 6) is 0. The average Bonchev–Trinajstić information content (AvgIpc) is 2.22. The Hall–Kier alpha value is -0.880. The minimum absolute atomic E-state index is 0.0602. The van der Waals surface area contributed by atoms with E-state index in [1.165, 1.54) is 4.68 Å². The van der Waals surface area contributed by atoms with Gasteiger partial charge in [-0.1, -0.05) is 0 Å². The van der Waals surface area contributed by atoms with E-state index in [2.05, 4.69) is 26.3 Å². The largest absolute Gasteiger partial charge is 0.380 e. The van der Waals surface area contributed by atoms with Gasteiger partial charge >= 0.3 is 0 Å². The van der Waals surface area contributed by atoms with Crippen molar-refractivity contribution in [3.8, 4) is 0 Å². The number of anilines is 1. The summed E-state index contributed by atoms with van der Waals surface area (Å²) in [5, 5.41) is 7.43. The highest BCUT2D eigenvalue weighted by Crippen LogP contribution is 2.25. The maximum atomic E-state index is 12.0. The molecule has 1 aromatic heterocycles. The standard InChI is InChI=1S/C11H17BrN4O/c1-6(2)16-11(17)10(12)9(5-14-16)15-8-3-7(13)4-8/h5-8,15H,3-4,13H2,1-2H3. The van der Waals surface area contributed by atoms with Gasteiger partial charge in [0.2, 0.25) is 0 Å². The molecule has 1 saturated carbocycles. The molecule has 0 aromatic carbocycles. The molecular formula is C11H17BrN4O. The topological polar surface area (TPSA) is 72.9 Å². The molecule has 94 valence electrons. The van der Waals surface area contributed by atoms with Crippen LogP contribution in [-0.2, 0) is 0 Å². The molecule has 17 heavy (non-hydrogen) atoms. The van der Waals surface area contributed by atoms with E-state index in [0.717, 1.165) is 18.5 Å². The highest BCUT2D eigenvalue weighted by Gasteiger charge is 2.26. The Kier molecular flexibility index (Phi) is 3.53. The zero-order valence-corrected chi connectivity index (χ0v) is 11.6. The quantitative estimate of drug-likeness (QED) is 0.887. The van der Waals surface area contributed by atoms with Crippen LogP contribution in [0.3, 0.4) is 0 Å². The first-order valence-corrected chi connectivity index (χ1v) is 6.57. The SMILES string of the molecule is CC(C)n1ncc(NC2CC(N)C2)c(Br)c1=O. The molecule has 1 aliphatic rings. The van der Waals surface area contributed by atoms with E-state index in [0.29, 0.717) is 10.5 Å². The van der Waals surface area contributed by atoms with Gasteiger partial charge in [-0.25, -0.2) is 4.68 Å². The lowest BCUT2D eigenvalue weighted by Crippen LogP contribution is -2.44. The first kappa shape index (κ1) is 12.6. The lowest BCUT2D eigenvalue weighted by molar-refractivity contribution is 0.373. The van der Waals surface area contributed by atoms with Gasteiger partial charge in [-0.2, -0.15) is 5.10 Å². The summed E-state index contributed by atoms with van der Waals surface area (Å²) in [6, 6.07) is 0.706. The van der Waals surface area contributed by atoms with Crippen molar-refractivity contribution in [3.63, 3.8) is 0 Å². The van der Waals surface area contributed by atoms with Gasteiger partial charge in [0.05, 0.1) is 17.9 Å². The Bertz CT molecular complexity index is 465. The molecule has 0 bridgehead atoms. The second kappa shape index (κ2) is 4.78. The summed E-state index contributed by atoms with van der Waals surface area (Å²) in [4.78, 5) is 12.0. The maximum absolute atomic E-state index is 12.0. The number of halogens is 1. The molecule has 5 nitrogen and oxygen atoms in total. The lowest BCUT2D eigenvalue weighted by atomic mass is 9.87. The van der Waals surface area contributed by atoms with Crippen molar-refractivity contribution in [2.24, 2.45) is 5.73 Å². The fourth-order valence-corrected chi connectivity index (χ4v) is 2.31. The first-order valence-electron chi connectivity index (χ1n) is 5.78. The van der Waals surface area contributed by atoms with Crippen molar-refractivity contribution < 1.29 is 0 Å². The second-order valence-corrected chi connectivity index (χ2v) is 5.58. The van der Waals surface area contributed by atoms with Gasteiger partial charge in [-0.05, 0) is 42.6 Å². The highest BCUT2D eigenvalue weighted by atomic mass is 79.9. The number of nitrogens with one attached hydrogen (secondary N) is 1. The van der Waals surface area contributed by atoms with E-state index in [9.17, 15) is 4.79 Å². The van der Waals surface area contributed by atoms with Gasteiger partial charge in [-0.3, -0.25) is 4.79 Å². The zero-order valence-electron chi connectivity index (χ0n) is 9.98. The molecular weight excluding hydrogens is 284 g/mol. The summed E-state index contributed by atoms with van der Waals surface area (Å²) >= 11 is 3.33. The summed E-state index contributed by atoms with van der Waals surface area (Å²) < 4.78 is 2.00. The van der Waals surface area contributed by atoms with Gasteiger partial charge in [-0.15, -0.1) is 0 Å². The zero-order chi connectivity index (χ0) is 12.6. The molecule has 0 spiro atoms. The number of nitrogens with two attached hydrogens (primary N) is 1. The Balaban J connectivity index is 2.19. The highest BCUT2D eigenvalue weighted by molar-refractivity contribution is 9.10. The molecule has 0 saturated heterocycles. The van der Waals surface area contributed by atoms with Gasteiger partial charge in [0.15, 0.2) is 0 Å². The summed E-state index contributed by atoms with van der Waals surface area (Å²) in [7, 11) is 0. The first-order chi connectivity index (χ1) is 7.99. The van der Waals surface area contributed by atoms with Crippen LogP contribution in [0.1, 0.15) is 32.7 Å². The number of nitrogens with zero attached hydrogens (tertiary/aromatic N) is 2. The van der Waals surface area contributed by atoms with Crippen molar-refractivity contribution in [1.29, 1.82) is 0 Å². The monoisotopic (exact) mass is 300 g/mol. The lowest BCUT2D eigenvalue weighted by Gasteiger charge is -2.33. The third-order valence-electron chi connectivity index (χ3n) is 2.97. The molecule has 0 radical (unpaired) electrons. The minimum atomic E-state index is -0.103. The number of hydrogen-bond donors (Lipinski definition) is 2. The van der Waals surface area contributed by atoms with E-state index in [1.54, 1.807) is 6.20 Å². The fraction of sp³-hybridized carbons (Fsp3) is 0.636. The van der Waals surface area contributed by atoms with E-state index in [1.807, 2.05) is 13.8 Å². The van der Waals surface area contributed by atoms with Crippen LogP contribution in [0.2, 0.25) is 0 Å². The van der Waals surface area contributed by atoms with Crippen LogP contribution in [0.5, 0.6) is 0 Å². The van der Waals surface area contributed by atoms with Crippen molar-refractivity contribution >= 4 is 21.6 Å². The van der Waals surface area contributed by atoms with Crippen molar-refractivity contribution in [3.05, 3.63) is 21.0 Å². The normalized spacial score (nSPS) is 23.6. The summed E-state index contributed by atoms with van der Waals surface area (Å²) in [6.07, 6.45) is 3.58. The van der Waals surface area contributed by atoms with E-state index < -0.39 is 0 Å². The second-order valence-electron chi connectivity index (χ2n) is 4.79. The van der Waals surface area contributed by atoms with Crippen LogP contribution in [-0.4, -0.2) is 21.9 Å². The van der Waals surface area contributed by atoms with Crippen LogP contribution in [0.4, 0.5) is 5.69 Å². The van der Waals surface area contributed by atoms with Crippen LogP contribution in [0, 0.1) is 0 Å². The van der Waals surface area contributed by atoms with Crippen LogP contribution in [0.25, 0.3) is 0 Å². The molecule has 0 atom stereocenters. The molecule has 0 aliphatic heterocycles. The van der Waals surface area contributed by atoms with Gasteiger partial charge < -0.3 is 11.1 Å². The van der Waals surface area contributed by atoms with Crippen molar-refractivity contribution in [2.75, 3.05) is 5.32 Å². The average molecular weight is 301 g/mol. The predicted octanol–water partition coefficient (Wildman–Crippen LogP) is 1.49. The molecule has 3 N–H and O–H groups in total. The molecule has 6 heteroatoms. The number of aromatic nitrogens is 2. The Morgan fingerprint density at radius 3 is 2.76 bits per heavy atom. The van der Waals surface area contributed by atoms with E-state index in [4.69, 9.17) is 5.73 Å². The summed E-state index contributed by atoms with van der Waals surface area (Å²) in [5.41, 5.74) is 6.37. The van der Waals surface area contributed by atoms with Gasteiger partial charge in [0, 0.05) is 12.1 Å². The molecule has 2 rings (SSSR count). The summed E-state index contributed by atoms with van der Waals surface area (Å²) in [6.45, 7) is 3.86. The van der Waals surface area contributed by atoms with Crippen LogP contribution < -0.4 is 16.6 Å². The molecule has 0 amide bonds. The number of rotatable bonds is 3. The number of hydrogen-bond acceptors (Lipinski definition) is 4. The molecule has 1 aromatic rings. The Morgan fingerprint density at radius 1 is 1.59 bits per heavy atom. The van der Waals surface area contributed by atoms with Crippen LogP contribution in [0.15, 0.2) is 15.5 Å². The molecule has 1 heterocycles. The molecule has 0 unspecified atom stereocenters. The van der Waals surface area contributed by atoms with E-state index in [-0.39, 0.29) is 17.6 Å². The van der Waals surface area contributed by atoms with Crippen molar-refractivity contribution in [2.45, 2.75) is 44.8 Å². The van der Waals surface area contributed by atoms with E-state index >= 15 is 0 Å². The minimum Gasteiger partial charge on any atom is -0.380 e. The maximum Gasteiger partial charge on any atom is 0.283 e. The third-order valence-corrected chi connectivity index (χ3v) is 3.73. The van der Waals surface area contributed by atoms with Gasteiger partial charge in [0.1, 0.15) is 4.47 Å². The Morgan fingerprint density at radius 2 is 2.24 bits per heavy atom. The van der Waals surface area contributed by atoms with Crippen molar-refractivity contribution in [1.82, 2.24) is 9.78 Å². The van der Waals surface area contributed by atoms with Crippen LogP contribution >= 0.6 is 15.9 Å². The third kappa shape index (κ3) is 2.52. The molecule has 1 aliphatic carbocycles. The predicted molar refractivity (Wildman–Crippen MR) is 71.2 cm³/mol.